The molecule has 0 aliphatic carbocycles. The second kappa shape index (κ2) is 13.8. The highest BCUT2D eigenvalue weighted by Crippen LogP contribution is 2.25. The fraction of sp³-hybridized carbons (Fsp3) is 0.333. The van der Waals surface area contributed by atoms with Crippen LogP contribution in [0.3, 0.4) is 0 Å². The zero-order valence-corrected chi connectivity index (χ0v) is 23.2. The van der Waals surface area contributed by atoms with Crippen LogP contribution in [0.2, 0.25) is 0 Å². The predicted molar refractivity (Wildman–Crippen MR) is 151 cm³/mol. The minimum atomic E-state index is -4.06. The van der Waals surface area contributed by atoms with Gasteiger partial charge in [-0.3, -0.25) is 13.9 Å². The van der Waals surface area contributed by atoms with E-state index in [0.717, 1.165) is 28.3 Å². The molecule has 1 unspecified atom stereocenters. The highest BCUT2D eigenvalue weighted by atomic mass is 32.2. The molecule has 1 N–H and O–H groups in total. The van der Waals surface area contributed by atoms with Gasteiger partial charge >= 0.3 is 0 Å². The summed E-state index contributed by atoms with van der Waals surface area (Å²) in [6, 6.07) is 23.9. The van der Waals surface area contributed by atoms with Crippen LogP contribution in [0.1, 0.15) is 44.7 Å². The lowest BCUT2D eigenvalue weighted by molar-refractivity contribution is -0.140. The zero-order valence-electron chi connectivity index (χ0n) is 22.3. The predicted octanol–water partition coefficient (Wildman–Crippen LogP) is 4.78. The summed E-state index contributed by atoms with van der Waals surface area (Å²) in [6.07, 6.45) is 1.97. The number of anilines is 1. The zero-order chi connectivity index (χ0) is 27.5. The Bertz CT molecular complexity index is 1280. The molecule has 202 valence electrons. The van der Waals surface area contributed by atoms with Gasteiger partial charge in [0.1, 0.15) is 12.6 Å². The monoisotopic (exact) mass is 535 g/mol. The molecule has 0 saturated heterocycles. The first kappa shape index (κ1) is 28.9. The van der Waals surface area contributed by atoms with Crippen molar-refractivity contribution in [1.82, 2.24) is 10.2 Å². The highest BCUT2D eigenvalue weighted by molar-refractivity contribution is 7.92. The fourth-order valence-corrected chi connectivity index (χ4v) is 5.65. The Balaban J connectivity index is 2.02. The van der Waals surface area contributed by atoms with E-state index in [2.05, 4.69) is 5.32 Å². The molecule has 0 aromatic heterocycles. The van der Waals surface area contributed by atoms with Crippen LogP contribution in [0, 0.1) is 0 Å². The van der Waals surface area contributed by atoms with E-state index in [1.165, 1.54) is 17.0 Å². The average molecular weight is 536 g/mol. The van der Waals surface area contributed by atoms with Crippen molar-refractivity contribution < 1.29 is 18.0 Å². The molecule has 2 amide bonds. The van der Waals surface area contributed by atoms with Crippen molar-refractivity contribution in [1.29, 1.82) is 0 Å². The van der Waals surface area contributed by atoms with Gasteiger partial charge in [-0.1, -0.05) is 81.4 Å². The summed E-state index contributed by atoms with van der Waals surface area (Å²) in [5.41, 5.74) is 2.30. The molecule has 0 aliphatic rings. The number of benzene rings is 3. The van der Waals surface area contributed by atoms with Gasteiger partial charge in [0.15, 0.2) is 0 Å². The van der Waals surface area contributed by atoms with Crippen LogP contribution >= 0.6 is 0 Å². The van der Waals surface area contributed by atoms with Gasteiger partial charge in [0, 0.05) is 13.1 Å². The van der Waals surface area contributed by atoms with Gasteiger partial charge in [-0.05, 0) is 54.7 Å². The number of hydrogen-bond donors (Lipinski definition) is 1. The second-order valence-corrected chi connectivity index (χ2v) is 10.9. The number of nitrogens with zero attached hydrogens (tertiary/aromatic N) is 2. The van der Waals surface area contributed by atoms with Gasteiger partial charge in [-0.15, -0.1) is 0 Å². The Hall–Kier alpha value is -3.65. The lowest BCUT2D eigenvalue weighted by Crippen LogP contribution is -2.52. The highest BCUT2D eigenvalue weighted by Gasteiger charge is 2.33. The lowest BCUT2D eigenvalue weighted by Gasteiger charge is -2.33. The maximum Gasteiger partial charge on any atom is 0.264 e. The first-order chi connectivity index (χ1) is 18.3. The quantitative estimate of drug-likeness (QED) is 0.341. The number of rotatable bonds is 13. The molecule has 0 heterocycles. The molecule has 7 nitrogen and oxygen atoms in total. The normalized spacial score (nSPS) is 12.0. The van der Waals surface area contributed by atoms with Gasteiger partial charge in [0.05, 0.1) is 10.6 Å². The minimum Gasteiger partial charge on any atom is -0.354 e. The van der Waals surface area contributed by atoms with Gasteiger partial charge in [0.25, 0.3) is 10.0 Å². The van der Waals surface area contributed by atoms with Crippen LogP contribution in [0.15, 0.2) is 89.8 Å². The van der Waals surface area contributed by atoms with Crippen molar-refractivity contribution >= 4 is 27.5 Å². The Morgan fingerprint density at radius 1 is 0.816 bits per heavy atom. The third-order valence-corrected chi connectivity index (χ3v) is 8.16. The topological polar surface area (TPSA) is 86.8 Å². The van der Waals surface area contributed by atoms with Crippen molar-refractivity contribution in [3.05, 3.63) is 96.1 Å². The number of nitrogens with one attached hydrogen (secondary N) is 1. The van der Waals surface area contributed by atoms with Gasteiger partial charge in [0.2, 0.25) is 11.8 Å². The number of aryl methyl sites for hydroxylation is 1. The van der Waals surface area contributed by atoms with Crippen molar-refractivity contribution in [3.63, 3.8) is 0 Å². The summed E-state index contributed by atoms with van der Waals surface area (Å²) in [7, 11) is -4.06. The SMILES string of the molecule is CCCNC(=O)C(CC)N(Cc1ccccc1)C(=O)CN(c1ccc(CC)cc1)S(=O)(=O)c1ccccc1. The maximum atomic E-state index is 14.0. The molecule has 8 heteroatoms. The van der Waals surface area contributed by atoms with Crippen LogP contribution in [-0.4, -0.2) is 44.3 Å². The summed E-state index contributed by atoms with van der Waals surface area (Å²) < 4.78 is 28.7. The van der Waals surface area contributed by atoms with E-state index < -0.39 is 28.5 Å². The third kappa shape index (κ3) is 7.22. The number of carbonyl (C=O) groups is 2. The van der Waals surface area contributed by atoms with Crippen molar-refractivity contribution in [2.45, 2.75) is 57.5 Å². The molecule has 0 spiro atoms. The number of sulfonamides is 1. The maximum absolute atomic E-state index is 14.0. The van der Waals surface area contributed by atoms with E-state index >= 15 is 0 Å². The number of hydrogen-bond acceptors (Lipinski definition) is 4. The Kier molecular flexibility index (Phi) is 10.5. The molecule has 0 radical (unpaired) electrons. The second-order valence-electron chi connectivity index (χ2n) is 9.07. The fourth-order valence-electron chi connectivity index (χ4n) is 4.21. The molecule has 0 aliphatic heterocycles. The molecular formula is C30H37N3O4S. The van der Waals surface area contributed by atoms with Gasteiger partial charge in [-0.2, -0.15) is 0 Å². The van der Waals surface area contributed by atoms with Crippen LogP contribution in [0.5, 0.6) is 0 Å². The molecule has 0 bridgehead atoms. The van der Waals surface area contributed by atoms with Crippen LogP contribution in [0.4, 0.5) is 5.69 Å². The molecular weight excluding hydrogens is 498 g/mol. The van der Waals surface area contributed by atoms with E-state index in [9.17, 15) is 18.0 Å². The Morgan fingerprint density at radius 3 is 1.97 bits per heavy atom. The van der Waals surface area contributed by atoms with E-state index in [0.29, 0.717) is 18.7 Å². The molecule has 38 heavy (non-hydrogen) atoms. The van der Waals surface area contributed by atoms with Crippen molar-refractivity contribution in [2.75, 3.05) is 17.4 Å². The van der Waals surface area contributed by atoms with Gasteiger partial charge < -0.3 is 10.2 Å². The lowest BCUT2D eigenvalue weighted by atomic mass is 10.1. The van der Waals surface area contributed by atoms with Crippen LogP contribution < -0.4 is 9.62 Å². The van der Waals surface area contributed by atoms with E-state index in [1.807, 2.05) is 63.2 Å². The standard InChI is InChI=1S/C30H37N3O4S/c1-4-21-31-30(35)28(6-3)32(22-25-13-9-7-10-14-25)29(34)23-33(26-19-17-24(5-2)18-20-26)38(36,37)27-15-11-8-12-16-27/h7-20,28H,4-6,21-23H2,1-3H3,(H,31,35). The summed E-state index contributed by atoms with van der Waals surface area (Å²) in [5.74, 6) is -0.699. The average Bonchev–Trinajstić information content (AvgIpc) is 2.95. The van der Waals surface area contributed by atoms with E-state index in [4.69, 9.17) is 0 Å². The summed E-state index contributed by atoms with van der Waals surface area (Å²) in [5, 5.41) is 2.89. The molecule has 0 saturated carbocycles. The Labute approximate surface area is 226 Å². The van der Waals surface area contributed by atoms with Crippen LogP contribution in [-0.2, 0) is 32.6 Å². The third-order valence-electron chi connectivity index (χ3n) is 6.37. The molecule has 3 rings (SSSR count). The van der Waals surface area contributed by atoms with E-state index in [1.54, 1.807) is 30.3 Å². The molecule has 3 aromatic rings. The summed E-state index contributed by atoms with van der Waals surface area (Å²) in [4.78, 5) is 28.6. The molecule has 0 fully saturated rings. The molecule has 1 atom stereocenters. The van der Waals surface area contributed by atoms with Crippen molar-refractivity contribution in [3.8, 4) is 0 Å². The smallest absolute Gasteiger partial charge is 0.264 e. The Morgan fingerprint density at radius 2 is 1.42 bits per heavy atom. The van der Waals surface area contributed by atoms with Crippen LogP contribution in [0.25, 0.3) is 0 Å². The first-order valence-electron chi connectivity index (χ1n) is 13.1. The van der Waals surface area contributed by atoms with Crippen molar-refractivity contribution in [2.24, 2.45) is 0 Å². The summed E-state index contributed by atoms with van der Waals surface area (Å²) >= 11 is 0. The molecule has 3 aromatic carbocycles. The van der Waals surface area contributed by atoms with E-state index in [-0.39, 0.29) is 17.3 Å². The largest absolute Gasteiger partial charge is 0.354 e. The summed E-state index contributed by atoms with van der Waals surface area (Å²) in [6.45, 7) is 6.08. The number of amides is 2. The van der Waals surface area contributed by atoms with Gasteiger partial charge in [-0.25, -0.2) is 8.42 Å². The first-order valence-corrected chi connectivity index (χ1v) is 14.5. The minimum absolute atomic E-state index is 0.0923. The number of carbonyl (C=O) groups excluding carboxylic acids is 2.